The highest BCUT2D eigenvalue weighted by Gasteiger charge is 2.34. The van der Waals surface area contributed by atoms with E-state index >= 15 is 0 Å². The number of hydrogen-bond donors (Lipinski definition) is 3. The van der Waals surface area contributed by atoms with Gasteiger partial charge in [0.2, 0.25) is 5.91 Å². The molecule has 9 heteroatoms. The first-order valence-electron chi connectivity index (χ1n) is 12.9. The van der Waals surface area contributed by atoms with Crippen LogP contribution in [0.15, 0.2) is 6.07 Å². The van der Waals surface area contributed by atoms with E-state index in [0.717, 1.165) is 72.1 Å². The summed E-state index contributed by atoms with van der Waals surface area (Å²) in [5, 5.41) is 14.9. The highest BCUT2D eigenvalue weighted by molar-refractivity contribution is 7.80. The predicted molar refractivity (Wildman–Crippen MR) is 144 cm³/mol. The standard InChI is InChI=1S/C26H35N5O2S2/c1-14(2)19-12-21(31(3)30-19)28-22(34)11-16-6-9-20-18(10-16)23(25(33)27-13-15-4-5-15)26(35-20)29-24(32)17-7-8-17/h12,14-17H,4-11,13H2,1-3H3,(H,27,33)(H,28,34)(H,29,32)/t16-/m0/s1. The predicted octanol–water partition coefficient (Wildman–Crippen LogP) is 5.03. The third-order valence-corrected chi connectivity index (χ3v) is 8.73. The Kier molecular flexibility index (Phi) is 6.99. The van der Waals surface area contributed by atoms with Crippen molar-refractivity contribution in [3.8, 4) is 0 Å². The molecule has 0 aliphatic heterocycles. The molecule has 2 aromatic heterocycles. The zero-order chi connectivity index (χ0) is 24.7. The molecular formula is C26H35N5O2S2. The van der Waals surface area contributed by atoms with Crippen LogP contribution in [0.3, 0.4) is 0 Å². The Morgan fingerprint density at radius 3 is 2.60 bits per heavy atom. The van der Waals surface area contributed by atoms with E-state index in [9.17, 15) is 9.59 Å². The van der Waals surface area contributed by atoms with Crippen molar-refractivity contribution in [3.05, 3.63) is 27.8 Å². The van der Waals surface area contributed by atoms with Crippen molar-refractivity contribution in [2.45, 2.75) is 71.1 Å². The molecule has 0 spiro atoms. The molecule has 2 saturated carbocycles. The SMILES string of the molecule is CC(C)c1cc(NC(=S)C[C@H]2CCc3sc(NC(=O)C4CC4)c(C(=O)NCC4CC4)c3C2)n(C)n1. The van der Waals surface area contributed by atoms with Gasteiger partial charge in [-0.25, -0.2) is 0 Å². The van der Waals surface area contributed by atoms with Gasteiger partial charge in [0.25, 0.3) is 5.91 Å². The van der Waals surface area contributed by atoms with Crippen molar-refractivity contribution in [1.82, 2.24) is 15.1 Å². The third kappa shape index (κ3) is 5.77. The van der Waals surface area contributed by atoms with Crippen LogP contribution >= 0.6 is 23.6 Å². The van der Waals surface area contributed by atoms with E-state index in [-0.39, 0.29) is 17.7 Å². The lowest BCUT2D eigenvalue weighted by Crippen LogP contribution is -2.28. The van der Waals surface area contributed by atoms with E-state index in [1.807, 2.05) is 11.7 Å². The fraction of sp³-hybridized carbons (Fsp3) is 0.615. The Morgan fingerprint density at radius 1 is 1.17 bits per heavy atom. The second-order valence-corrected chi connectivity index (χ2v) is 12.3. The van der Waals surface area contributed by atoms with Gasteiger partial charge in [-0.05, 0) is 68.3 Å². The van der Waals surface area contributed by atoms with Crippen LogP contribution in [0, 0.1) is 17.8 Å². The van der Waals surface area contributed by atoms with Crippen LogP contribution in [0.2, 0.25) is 0 Å². The smallest absolute Gasteiger partial charge is 0.254 e. The zero-order valence-corrected chi connectivity index (χ0v) is 22.4. The van der Waals surface area contributed by atoms with Gasteiger partial charge in [-0.3, -0.25) is 14.3 Å². The molecule has 35 heavy (non-hydrogen) atoms. The Balaban J connectivity index is 1.29. The molecule has 3 N–H and O–H groups in total. The summed E-state index contributed by atoms with van der Waals surface area (Å²) in [6, 6.07) is 2.06. The van der Waals surface area contributed by atoms with Gasteiger partial charge in [-0.15, -0.1) is 11.3 Å². The number of hydrogen-bond acceptors (Lipinski definition) is 5. The highest BCUT2D eigenvalue weighted by Crippen LogP contribution is 2.42. The van der Waals surface area contributed by atoms with E-state index in [4.69, 9.17) is 12.2 Å². The molecule has 2 aromatic rings. The maximum absolute atomic E-state index is 13.3. The summed E-state index contributed by atoms with van der Waals surface area (Å²) in [5.74, 6) is 2.36. The Labute approximate surface area is 216 Å². The topological polar surface area (TPSA) is 88.0 Å². The molecule has 0 unspecified atom stereocenters. The van der Waals surface area contributed by atoms with Crippen LogP contribution in [-0.4, -0.2) is 33.1 Å². The lowest BCUT2D eigenvalue weighted by molar-refractivity contribution is -0.117. The fourth-order valence-corrected chi connectivity index (χ4v) is 6.29. The number of fused-ring (bicyclic) bond motifs is 1. The van der Waals surface area contributed by atoms with Gasteiger partial charge in [0.1, 0.15) is 10.8 Å². The molecule has 188 valence electrons. The molecule has 0 radical (unpaired) electrons. The normalized spacial score (nSPS) is 19.4. The van der Waals surface area contributed by atoms with E-state index in [1.54, 1.807) is 11.3 Å². The first-order valence-corrected chi connectivity index (χ1v) is 14.1. The summed E-state index contributed by atoms with van der Waals surface area (Å²) in [4.78, 5) is 27.8. The number of carbonyl (C=O) groups excluding carboxylic acids is 2. The summed E-state index contributed by atoms with van der Waals surface area (Å²) in [6.07, 6.45) is 7.78. The summed E-state index contributed by atoms with van der Waals surface area (Å²) in [5.41, 5.74) is 2.84. The number of carbonyl (C=O) groups is 2. The minimum absolute atomic E-state index is 0.0436. The molecule has 7 nitrogen and oxygen atoms in total. The fourth-order valence-electron chi connectivity index (χ4n) is 4.71. The Hall–Kier alpha value is -2.26. The summed E-state index contributed by atoms with van der Waals surface area (Å²) in [6.45, 7) is 4.98. The molecule has 2 amide bonds. The van der Waals surface area contributed by atoms with Crippen molar-refractivity contribution in [1.29, 1.82) is 0 Å². The van der Waals surface area contributed by atoms with Gasteiger partial charge in [0.05, 0.1) is 16.2 Å². The Morgan fingerprint density at radius 2 is 1.94 bits per heavy atom. The number of nitrogens with zero attached hydrogens (tertiary/aromatic N) is 2. The van der Waals surface area contributed by atoms with Crippen molar-refractivity contribution in [2.75, 3.05) is 17.2 Å². The van der Waals surface area contributed by atoms with E-state index in [0.29, 0.717) is 23.3 Å². The Bertz CT molecular complexity index is 1140. The number of aryl methyl sites for hydroxylation is 2. The quantitative estimate of drug-likeness (QED) is 0.410. The second-order valence-electron chi connectivity index (χ2n) is 10.7. The average Bonchev–Trinajstić information content (AvgIpc) is 3.73. The number of rotatable bonds is 9. The van der Waals surface area contributed by atoms with Crippen molar-refractivity contribution >= 4 is 51.2 Å². The van der Waals surface area contributed by atoms with Crippen LogP contribution in [-0.2, 0) is 24.7 Å². The van der Waals surface area contributed by atoms with Gasteiger partial charge >= 0.3 is 0 Å². The molecule has 0 bridgehead atoms. The van der Waals surface area contributed by atoms with Gasteiger partial charge in [-0.1, -0.05) is 26.1 Å². The lowest BCUT2D eigenvalue weighted by atomic mass is 9.84. The molecule has 0 saturated heterocycles. The monoisotopic (exact) mass is 513 g/mol. The minimum atomic E-state index is -0.0436. The molecule has 5 rings (SSSR count). The van der Waals surface area contributed by atoms with Gasteiger partial charge in [0, 0.05) is 36.9 Å². The maximum atomic E-state index is 13.3. The first kappa shape index (κ1) is 24.4. The van der Waals surface area contributed by atoms with E-state index in [1.165, 1.54) is 17.7 Å². The number of thiophene rings is 1. The molecule has 2 fully saturated rings. The number of anilines is 2. The highest BCUT2D eigenvalue weighted by atomic mass is 32.1. The summed E-state index contributed by atoms with van der Waals surface area (Å²) in [7, 11) is 1.93. The van der Waals surface area contributed by atoms with Gasteiger partial charge in [-0.2, -0.15) is 5.10 Å². The summed E-state index contributed by atoms with van der Waals surface area (Å²) < 4.78 is 1.84. The van der Waals surface area contributed by atoms with Crippen LogP contribution in [0.25, 0.3) is 0 Å². The minimum Gasteiger partial charge on any atom is -0.352 e. The lowest BCUT2D eigenvalue weighted by Gasteiger charge is -2.23. The first-order chi connectivity index (χ1) is 16.8. The zero-order valence-electron chi connectivity index (χ0n) is 20.8. The average molecular weight is 514 g/mol. The summed E-state index contributed by atoms with van der Waals surface area (Å²) >= 11 is 7.32. The van der Waals surface area contributed by atoms with Gasteiger partial charge in [0.15, 0.2) is 0 Å². The van der Waals surface area contributed by atoms with Gasteiger partial charge < -0.3 is 16.0 Å². The van der Waals surface area contributed by atoms with E-state index < -0.39 is 0 Å². The van der Waals surface area contributed by atoms with Crippen molar-refractivity contribution in [2.24, 2.45) is 24.8 Å². The molecule has 3 aliphatic carbocycles. The third-order valence-electron chi connectivity index (χ3n) is 7.26. The molecule has 0 aromatic carbocycles. The van der Waals surface area contributed by atoms with Crippen molar-refractivity contribution in [3.63, 3.8) is 0 Å². The van der Waals surface area contributed by atoms with E-state index in [2.05, 4.69) is 41.0 Å². The molecule has 2 heterocycles. The van der Waals surface area contributed by atoms with Crippen LogP contribution in [0.4, 0.5) is 10.8 Å². The number of nitrogens with one attached hydrogen (secondary N) is 3. The number of amides is 2. The van der Waals surface area contributed by atoms with Crippen LogP contribution < -0.4 is 16.0 Å². The molecule has 3 aliphatic rings. The number of aromatic nitrogens is 2. The molecule has 1 atom stereocenters. The second kappa shape index (κ2) is 10.0. The van der Waals surface area contributed by atoms with Crippen molar-refractivity contribution < 1.29 is 9.59 Å². The maximum Gasteiger partial charge on any atom is 0.254 e. The number of thiocarbonyl (C=S) groups is 1. The largest absolute Gasteiger partial charge is 0.352 e. The molecular weight excluding hydrogens is 478 g/mol. The van der Waals surface area contributed by atoms with Crippen LogP contribution in [0.1, 0.15) is 84.8 Å². The van der Waals surface area contributed by atoms with Crippen LogP contribution in [0.5, 0.6) is 0 Å².